The summed E-state index contributed by atoms with van der Waals surface area (Å²) in [7, 11) is 0. The number of carbonyl (C=O) groups is 9. The Morgan fingerprint density at radius 3 is 2.00 bits per heavy atom. The molecule has 3 aromatic carbocycles. The van der Waals surface area contributed by atoms with Gasteiger partial charge in [-0.3, -0.25) is 48.1 Å². The predicted octanol–water partition coefficient (Wildman–Crippen LogP) is -1.59. The van der Waals surface area contributed by atoms with Gasteiger partial charge >= 0.3 is 0 Å². The van der Waals surface area contributed by atoms with Crippen LogP contribution in [0.15, 0.2) is 109 Å². The fraction of sp³-hybridized carbons (Fsp3) is 0.365. The van der Waals surface area contributed by atoms with Gasteiger partial charge in [0.2, 0.25) is 53.2 Å². The van der Waals surface area contributed by atoms with Crippen LogP contribution in [0.1, 0.15) is 61.9 Å². The Bertz CT molecular complexity index is 2860. The number of primary amides is 1. The number of amides is 9. The van der Waals surface area contributed by atoms with Gasteiger partial charge in [0.1, 0.15) is 42.3 Å². The fourth-order valence-electron chi connectivity index (χ4n) is 8.68. The van der Waals surface area contributed by atoms with Crippen molar-refractivity contribution in [2.75, 3.05) is 6.54 Å². The second kappa shape index (κ2) is 27.3. The summed E-state index contributed by atoms with van der Waals surface area (Å²) in [5.74, 6) is -7.61. The lowest BCUT2D eigenvalue weighted by Gasteiger charge is -2.30. The van der Waals surface area contributed by atoms with E-state index in [2.05, 4.69) is 62.5 Å². The number of guanidine groups is 1. The van der Waals surface area contributed by atoms with Crippen molar-refractivity contribution in [2.24, 2.45) is 22.2 Å². The summed E-state index contributed by atoms with van der Waals surface area (Å²) in [4.78, 5) is 140. The smallest absolute Gasteiger partial charge is 0.245 e. The largest absolute Gasteiger partial charge is 0.370 e. The second-order valence-corrected chi connectivity index (χ2v) is 18.5. The highest BCUT2D eigenvalue weighted by molar-refractivity contribution is 5.98. The lowest BCUT2D eigenvalue weighted by molar-refractivity contribution is -0.136. The first-order valence-electron chi connectivity index (χ1n) is 24.8. The SMILES string of the molecule is CC(=O)N[C@@H](Cc1ccccc1)C(=O)N[C@H]1CCC(=O)NC(C)[C@@H](C(=O)N[C@@H](Cc2c[nH]c3ccccc23)C(N)=O)NC(=O)[C@H](CCCN=C(N)N)NC(=O)[C@@H](Cc2ccccc2)NC(=O)[C@H](Cc2cnc[nH]2)NC1=O. The first-order chi connectivity index (χ1) is 36.4. The van der Waals surface area contributed by atoms with E-state index in [-0.39, 0.29) is 57.5 Å². The highest BCUT2D eigenvalue weighted by atomic mass is 16.2. The van der Waals surface area contributed by atoms with E-state index in [1.165, 1.54) is 26.4 Å². The average Bonchev–Trinajstić information content (AvgIpc) is 4.07. The van der Waals surface area contributed by atoms with Crippen LogP contribution in [0.3, 0.4) is 0 Å². The molecule has 0 spiro atoms. The van der Waals surface area contributed by atoms with E-state index < -0.39 is 108 Å². The van der Waals surface area contributed by atoms with Crippen molar-refractivity contribution in [3.05, 3.63) is 126 Å². The van der Waals surface area contributed by atoms with Gasteiger partial charge in [-0.25, -0.2) is 4.98 Å². The number of benzene rings is 3. The third-order valence-corrected chi connectivity index (χ3v) is 12.6. The number of hydrogen-bond donors (Lipinski definition) is 13. The van der Waals surface area contributed by atoms with Gasteiger partial charge in [-0.2, -0.15) is 0 Å². The first-order valence-corrected chi connectivity index (χ1v) is 24.8. The lowest BCUT2D eigenvalue weighted by atomic mass is 10.0. The van der Waals surface area contributed by atoms with Crippen molar-refractivity contribution in [1.82, 2.24) is 57.5 Å². The van der Waals surface area contributed by atoms with Crippen LogP contribution in [0.5, 0.6) is 0 Å². The van der Waals surface area contributed by atoms with Crippen LogP contribution in [-0.4, -0.2) is 129 Å². The number of aromatic nitrogens is 3. The Kier molecular flexibility index (Phi) is 20.2. The number of fused-ring (bicyclic) bond motifs is 1. The predicted molar refractivity (Wildman–Crippen MR) is 280 cm³/mol. The molecule has 0 saturated carbocycles. The summed E-state index contributed by atoms with van der Waals surface area (Å²) < 4.78 is 0. The van der Waals surface area contributed by atoms with E-state index >= 15 is 0 Å². The Balaban J connectivity index is 1.38. The van der Waals surface area contributed by atoms with Crippen LogP contribution in [0, 0.1) is 0 Å². The third-order valence-electron chi connectivity index (χ3n) is 12.6. The number of hydrogen-bond acceptors (Lipinski definition) is 11. The Hall–Kier alpha value is -9.09. The molecule has 0 aliphatic carbocycles. The van der Waals surface area contributed by atoms with E-state index in [0.717, 1.165) is 10.9 Å². The van der Waals surface area contributed by atoms with Crippen molar-refractivity contribution >= 4 is 70.0 Å². The van der Waals surface area contributed by atoms with E-state index in [1.807, 2.05) is 18.2 Å². The van der Waals surface area contributed by atoms with E-state index in [4.69, 9.17) is 17.2 Å². The highest BCUT2D eigenvalue weighted by Gasteiger charge is 2.37. The van der Waals surface area contributed by atoms with Gasteiger partial charge < -0.3 is 69.7 Å². The topological polar surface area (TPSA) is 385 Å². The van der Waals surface area contributed by atoms with Crippen LogP contribution in [0.4, 0.5) is 0 Å². The lowest BCUT2D eigenvalue weighted by Crippen LogP contribution is -2.63. The molecule has 9 amide bonds. The molecule has 1 unspecified atom stereocenters. The molecule has 3 heterocycles. The van der Waals surface area contributed by atoms with Crippen LogP contribution < -0.4 is 59.7 Å². The zero-order valence-electron chi connectivity index (χ0n) is 42.1. The fourth-order valence-corrected chi connectivity index (χ4v) is 8.68. The average molecular weight is 1040 g/mol. The molecule has 2 aromatic heterocycles. The minimum absolute atomic E-state index is 0.0268. The van der Waals surface area contributed by atoms with Crippen LogP contribution in [0.2, 0.25) is 0 Å². The van der Waals surface area contributed by atoms with Crippen LogP contribution >= 0.6 is 0 Å². The summed E-state index contributed by atoms with van der Waals surface area (Å²) in [5.41, 5.74) is 20.1. The number of carbonyl (C=O) groups excluding carboxylic acids is 9. The van der Waals surface area contributed by atoms with Gasteiger partial charge in [0.05, 0.1) is 12.4 Å². The van der Waals surface area contributed by atoms with Crippen molar-refractivity contribution in [1.29, 1.82) is 0 Å². The number of H-pyrrole nitrogens is 2. The molecule has 0 radical (unpaired) electrons. The summed E-state index contributed by atoms with van der Waals surface area (Å²) in [5, 5.41) is 22.2. The zero-order valence-corrected chi connectivity index (χ0v) is 42.1. The van der Waals surface area contributed by atoms with E-state index in [1.54, 1.807) is 72.9 Å². The molecule has 5 aromatic rings. The van der Waals surface area contributed by atoms with Gasteiger partial charge in [-0.15, -0.1) is 0 Å². The van der Waals surface area contributed by atoms with Crippen molar-refractivity contribution in [3.63, 3.8) is 0 Å². The number of aliphatic imine (C=N–C) groups is 1. The first kappa shape index (κ1) is 56.2. The summed E-state index contributed by atoms with van der Waals surface area (Å²) in [6.45, 7) is 2.69. The van der Waals surface area contributed by atoms with Crippen LogP contribution in [0.25, 0.3) is 10.9 Å². The van der Waals surface area contributed by atoms with Crippen molar-refractivity contribution in [3.8, 4) is 0 Å². The van der Waals surface area contributed by atoms with Crippen molar-refractivity contribution < 1.29 is 43.2 Å². The molecule has 24 nitrogen and oxygen atoms in total. The number of aromatic amines is 2. The number of nitrogens with zero attached hydrogens (tertiary/aromatic N) is 2. The van der Waals surface area contributed by atoms with Crippen molar-refractivity contribution in [2.45, 2.75) is 114 Å². The molecule has 402 valence electrons. The maximum absolute atomic E-state index is 14.6. The van der Waals surface area contributed by atoms with Gasteiger partial charge in [-0.05, 0) is 48.9 Å². The Morgan fingerprint density at radius 2 is 1.34 bits per heavy atom. The molecular formula is C52H65N15O9. The minimum Gasteiger partial charge on any atom is -0.370 e. The molecule has 0 bridgehead atoms. The monoisotopic (exact) mass is 1040 g/mol. The molecule has 6 rings (SSSR count). The molecule has 1 aliphatic heterocycles. The molecule has 1 aliphatic rings. The number of imidazole rings is 1. The minimum atomic E-state index is -1.64. The molecule has 1 fully saturated rings. The maximum atomic E-state index is 14.6. The van der Waals surface area contributed by atoms with Gasteiger partial charge in [-0.1, -0.05) is 78.9 Å². The van der Waals surface area contributed by atoms with Gasteiger partial charge in [0.25, 0.3) is 0 Å². The molecular weight excluding hydrogens is 979 g/mol. The summed E-state index contributed by atoms with van der Waals surface area (Å²) in [6.07, 6.45) is 3.34. The molecule has 24 heteroatoms. The maximum Gasteiger partial charge on any atom is 0.245 e. The van der Waals surface area contributed by atoms with E-state index in [0.29, 0.717) is 22.4 Å². The zero-order chi connectivity index (χ0) is 54.7. The Morgan fingerprint density at radius 1 is 0.711 bits per heavy atom. The standard InChI is InChI=1S/C52H65N15O9/c1-29-44(51(76)64-39(45(53)70)24-33-26-58-36-17-10-9-16-35(33)36)67-47(72)37(18-11-21-57-52(54)55)62-49(74)41(23-32-14-7-4-8-15-32)65-50(75)42(25-34-27-56-28-59-34)66-46(71)38(19-20-43(69)60-29)63-48(73)40(61-30(2)68)22-31-12-5-3-6-13-31/h3-10,12-17,26-29,37-42,44,58H,11,18-25H2,1-2H3,(H2,53,70)(H,56,59)(H,60,69)(H,61,68)(H,62,74)(H,63,73)(H,64,76)(H,65,75)(H,66,71)(H,67,72)(H4,54,55,57)/t29?,37-,38-,39-,40-,41+,42-,44-/m0/s1. The number of para-hydroxylation sites is 1. The van der Waals surface area contributed by atoms with E-state index in [9.17, 15) is 43.2 Å². The van der Waals surface area contributed by atoms with Gasteiger partial charge in [0, 0.05) is 74.6 Å². The summed E-state index contributed by atoms with van der Waals surface area (Å²) >= 11 is 0. The third kappa shape index (κ3) is 16.7. The summed E-state index contributed by atoms with van der Waals surface area (Å²) in [6, 6.07) is 13.6. The number of nitrogens with one attached hydrogen (secondary N) is 10. The second-order valence-electron chi connectivity index (χ2n) is 18.5. The molecule has 1 saturated heterocycles. The van der Waals surface area contributed by atoms with Gasteiger partial charge in [0.15, 0.2) is 5.96 Å². The highest BCUT2D eigenvalue weighted by Crippen LogP contribution is 2.20. The Labute approximate surface area is 437 Å². The van der Waals surface area contributed by atoms with Crippen LogP contribution in [-0.2, 0) is 68.8 Å². The number of rotatable bonds is 18. The molecule has 16 N–H and O–H groups in total. The molecule has 8 atom stereocenters. The molecule has 76 heavy (non-hydrogen) atoms. The quantitative estimate of drug-likeness (QED) is 0.0269. The normalized spacial score (nSPS) is 20.6. The number of nitrogens with two attached hydrogens (primary N) is 3.